The van der Waals surface area contributed by atoms with Gasteiger partial charge in [0.25, 0.3) is 0 Å². The molecule has 3 N–H and O–H groups in total. The predicted octanol–water partition coefficient (Wildman–Crippen LogP) is 23.4. The lowest BCUT2D eigenvalue weighted by atomic mass is 10.0. The lowest BCUT2D eigenvalue weighted by molar-refractivity contribution is -0.143. The summed E-state index contributed by atoms with van der Waals surface area (Å²) in [5.74, 6) is -0.00350. The fourth-order valence-electron chi connectivity index (χ4n) is 11.9. The maximum absolute atomic E-state index is 12.5. The molecule has 0 heterocycles. The fraction of sp³-hybridized carbons (Fsp3) is 0.972. The van der Waals surface area contributed by atoms with Gasteiger partial charge in [0.2, 0.25) is 5.91 Å². The van der Waals surface area contributed by atoms with Crippen LogP contribution in [0, 0.1) is 0 Å². The predicted molar refractivity (Wildman–Crippen MR) is 343 cm³/mol. The monoisotopic (exact) mass is 1100 g/mol. The molecular weight excluding hydrogens is 959 g/mol. The van der Waals surface area contributed by atoms with E-state index in [1.165, 1.54) is 353 Å². The highest BCUT2D eigenvalue weighted by atomic mass is 16.5. The summed E-state index contributed by atoms with van der Waals surface area (Å²) in [7, 11) is 0. The number of hydrogen-bond donors (Lipinski definition) is 3. The molecule has 466 valence electrons. The quantitative estimate of drug-likeness (QED) is 0.0417. The Balaban J connectivity index is 3.31. The zero-order chi connectivity index (χ0) is 56.4. The second-order valence-corrected chi connectivity index (χ2v) is 25.3. The molecule has 6 nitrogen and oxygen atoms in total. The number of aliphatic hydroxyl groups excluding tert-OH is 2. The van der Waals surface area contributed by atoms with E-state index in [2.05, 4.69) is 19.2 Å². The molecule has 78 heavy (non-hydrogen) atoms. The van der Waals surface area contributed by atoms with Crippen molar-refractivity contribution in [1.82, 2.24) is 5.32 Å². The molecule has 0 aromatic rings. The summed E-state index contributed by atoms with van der Waals surface area (Å²) in [5.41, 5.74) is 0. The van der Waals surface area contributed by atoms with E-state index in [9.17, 15) is 19.8 Å². The molecule has 2 atom stereocenters. The second-order valence-electron chi connectivity index (χ2n) is 25.3. The standard InChI is InChI=1S/C72H143NO5/c1-3-5-7-9-11-13-15-16-17-18-35-38-41-45-48-52-56-60-64-70(75)69(68-74)73-71(76)65-61-57-53-49-46-42-39-36-33-31-29-27-25-23-21-19-20-22-24-26-28-30-32-34-37-40-43-47-51-55-59-63-67-78-72(77)66-62-58-54-50-44-14-12-10-8-6-4-2/h69-70,74-75H,3-68H2,1-2H3,(H,73,76). The van der Waals surface area contributed by atoms with Crippen LogP contribution in [0.5, 0.6) is 0 Å². The third-order valence-electron chi connectivity index (χ3n) is 17.4. The Morgan fingerprint density at radius 3 is 0.782 bits per heavy atom. The van der Waals surface area contributed by atoms with Crippen molar-refractivity contribution in [3.05, 3.63) is 0 Å². The van der Waals surface area contributed by atoms with Gasteiger partial charge < -0.3 is 20.3 Å². The van der Waals surface area contributed by atoms with E-state index in [1.807, 2.05) is 0 Å². The molecule has 0 saturated carbocycles. The van der Waals surface area contributed by atoms with E-state index in [0.29, 0.717) is 25.9 Å². The third kappa shape index (κ3) is 64.0. The zero-order valence-corrected chi connectivity index (χ0v) is 53.4. The minimum absolute atomic E-state index is 0.0220. The highest BCUT2D eigenvalue weighted by Gasteiger charge is 2.20. The van der Waals surface area contributed by atoms with E-state index in [0.717, 1.165) is 38.5 Å². The van der Waals surface area contributed by atoms with Crippen LogP contribution < -0.4 is 5.32 Å². The van der Waals surface area contributed by atoms with Crippen LogP contribution in [-0.2, 0) is 14.3 Å². The number of aliphatic hydroxyl groups is 2. The van der Waals surface area contributed by atoms with Gasteiger partial charge in [-0.2, -0.15) is 0 Å². The molecule has 0 aliphatic heterocycles. The minimum Gasteiger partial charge on any atom is -0.466 e. The molecule has 6 heteroatoms. The first-order valence-corrected chi connectivity index (χ1v) is 36.3. The second kappa shape index (κ2) is 68.4. The van der Waals surface area contributed by atoms with Crippen LogP contribution in [-0.4, -0.2) is 47.4 Å². The molecule has 0 aliphatic rings. The molecular formula is C72H143NO5. The minimum atomic E-state index is -0.660. The first-order valence-electron chi connectivity index (χ1n) is 36.3. The topological polar surface area (TPSA) is 95.9 Å². The van der Waals surface area contributed by atoms with Crippen molar-refractivity contribution in [2.45, 2.75) is 437 Å². The Morgan fingerprint density at radius 1 is 0.308 bits per heavy atom. The largest absolute Gasteiger partial charge is 0.466 e. The normalized spacial score (nSPS) is 12.4. The van der Waals surface area contributed by atoms with Gasteiger partial charge in [0.15, 0.2) is 0 Å². The lowest BCUT2D eigenvalue weighted by Gasteiger charge is -2.22. The summed E-state index contributed by atoms with van der Waals surface area (Å²) in [6, 6.07) is -0.537. The van der Waals surface area contributed by atoms with Crippen LogP contribution in [0.2, 0.25) is 0 Å². The Hall–Kier alpha value is -1.14. The molecule has 0 fully saturated rings. The van der Waals surface area contributed by atoms with E-state index >= 15 is 0 Å². The number of hydrogen-bond acceptors (Lipinski definition) is 5. The number of nitrogens with one attached hydrogen (secondary N) is 1. The highest BCUT2D eigenvalue weighted by molar-refractivity contribution is 5.76. The molecule has 0 bridgehead atoms. The molecule has 2 unspecified atom stereocenters. The first kappa shape index (κ1) is 76.9. The Labute approximate surface area is 489 Å². The van der Waals surface area contributed by atoms with Crippen molar-refractivity contribution < 1.29 is 24.5 Å². The molecule has 0 aliphatic carbocycles. The van der Waals surface area contributed by atoms with Crippen molar-refractivity contribution in [1.29, 1.82) is 0 Å². The van der Waals surface area contributed by atoms with Crippen LogP contribution >= 0.6 is 0 Å². The van der Waals surface area contributed by atoms with Gasteiger partial charge in [-0.25, -0.2) is 0 Å². The van der Waals surface area contributed by atoms with Crippen LogP contribution in [0.1, 0.15) is 425 Å². The molecule has 0 saturated heterocycles. The summed E-state index contributed by atoms with van der Waals surface area (Å²) in [6.45, 7) is 5.00. The summed E-state index contributed by atoms with van der Waals surface area (Å²) in [6.07, 6.45) is 83.1. The summed E-state index contributed by atoms with van der Waals surface area (Å²) in [4.78, 5) is 24.5. The SMILES string of the molecule is CCCCCCCCCCCCCCCCCCCCC(O)C(CO)NC(=O)CCCCCCCCCCCCCCCCCCCCCCCCCCCCCCCCCCOC(=O)CCCCCCCCCCCCC. The summed E-state index contributed by atoms with van der Waals surface area (Å²) >= 11 is 0. The fourth-order valence-corrected chi connectivity index (χ4v) is 11.9. The highest BCUT2D eigenvalue weighted by Crippen LogP contribution is 2.20. The average Bonchev–Trinajstić information content (AvgIpc) is 3.44. The van der Waals surface area contributed by atoms with Gasteiger partial charge in [-0.3, -0.25) is 9.59 Å². The average molecular weight is 1100 g/mol. The smallest absolute Gasteiger partial charge is 0.305 e. The number of carbonyl (C=O) groups is 2. The molecule has 0 spiro atoms. The van der Waals surface area contributed by atoms with Crippen LogP contribution in [0.15, 0.2) is 0 Å². The van der Waals surface area contributed by atoms with Gasteiger partial charge in [-0.15, -0.1) is 0 Å². The zero-order valence-electron chi connectivity index (χ0n) is 53.4. The van der Waals surface area contributed by atoms with E-state index < -0.39 is 12.1 Å². The molecule has 0 aromatic carbocycles. The van der Waals surface area contributed by atoms with Crippen molar-refractivity contribution >= 4 is 11.9 Å². The van der Waals surface area contributed by atoms with E-state index in [-0.39, 0.29) is 18.5 Å². The van der Waals surface area contributed by atoms with Crippen molar-refractivity contribution in [3.63, 3.8) is 0 Å². The van der Waals surface area contributed by atoms with Crippen molar-refractivity contribution in [3.8, 4) is 0 Å². The van der Waals surface area contributed by atoms with E-state index in [4.69, 9.17) is 4.74 Å². The Bertz CT molecular complexity index is 1130. The number of unbranched alkanes of at least 4 members (excludes halogenated alkanes) is 58. The summed E-state index contributed by atoms with van der Waals surface area (Å²) in [5, 5.41) is 23.4. The number of rotatable bonds is 69. The van der Waals surface area contributed by atoms with Gasteiger partial charge in [-0.1, -0.05) is 386 Å². The van der Waals surface area contributed by atoms with Crippen LogP contribution in [0.25, 0.3) is 0 Å². The van der Waals surface area contributed by atoms with Gasteiger partial charge in [0.1, 0.15) is 0 Å². The molecule has 0 radical (unpaired) electrons. The Morgan fingerprint density at radius 2 is 0.526 bits per heavy atom. The first-order chi connectivity index (χ1) is 38.5. The van der Waals surface area contributed by atoms with Gasteiger partial charge >= 0.3 is 5.97 Å². The lowest BCUT2D eigenvalue weighted by Crippen LogP contribution is -2.45. The van der Waals surface area contributed by atoms with Gasteiger partial charge in [0, 0.05) is 12.8 Å². The molecule has 1 amide bonds. The van der Waals surface area contributed by atoms with E-state index in [1.54, 1.807) is 0 Å². The maximum Gasteiger partial charge on any atom is 0.305 e. The molecule has 0 rings (SSSR count). The number of carbonyl (C=O) groups excluding carboxylic acids is 2. The Kier molecular flexibility index (Phi) is 67.4. The summed E-state index contributed by atoms with van der Waals surface area (Å²) < 4.78 is 5.48. The third-order valence-corrected chi connectivity index (χ3v) is 17.4. The van der Waals surface area contributed by atoms with Crippen molar-refractivity contribution in [2.75, 3.05) is 13.2 Å². The van der Waals surface area contributed by atoms with Crippen LogP contribution in [0.3, 0.4) is 0 Å². The van der Waals surface area contributed by atoms with Gasteiger partial charge in [-0.05, 0) is 25.7 Å². The van der Waals surface area contributed by atoms with Gasteiger partial charge in [0.05, 0.1) is 25.4 Å². The number of esters is 1. The van der Waals surface area contributed by atoms with Crippen LogP contribution in [0.4, 0.5) is 0 Å². The van der Waals surface area contributed by atoms with Crippen molar-refractivity contribution in [2.24, 2.45) is 0 Å². The number of ether oxygens (including phenoxy) is 1. The number of amides is 1. The molecule has 0 aromatic heterocycles. The maximum atomic E-state index is 12.5.